The number of halogens is 5. The Hall–Kier alpha value is -14.1. The number of hydrogen-bond acceptors (Lipinski definition) is 13. The normalized spacial score (nSPS) is 12.2. The lowest BCUT2D eigenvalue weighted by atomic mass is 9.67. The summed E-state index contributed by atoms with van der Waals surface area (Å²) >= 11 is 0. The lowest BCUT2D eigenvalue weighted by Gasteiger charge is -2.34. The van der Waals surface area contributed by atoms with Crippen LogP contribution in [0.4, 0.5) is 78.8 Å². The number of nitrogen functional groups attached to an aromatic ring is 10. The van der Waals surface area contributed by atoms with Gasteiger partial charge in [0.15, 0.2) is 0 Å². The van der Waals surface area contributed by atoms with E-state index in [0.717, 1.165) is 39.7 Å². The van der Waals surface area contributed by atoms with Crippen LogP contribution < -0.4 is 57.3 Å². The van der Waals surface area contributed by atoms with Crippen LogP contribution in [0.15, 0.2) is 273 Å². The zero-order valence-electron chi connectivity index (χ0n) is 56.7. The van der Waals surface area contributed by atoms with Gasteiger partial charge in [-0.05, 0) is 217 Å². The van der Waals surface area contributed by atoms with Crippen LogP contribution in [0.1, 0.15) is 86.7 Å². The minimum absolute atomic E-state index is 0.0581. The van der Waals surface area contributed by atoms with Crippen molar-refractivity contribution < 1.29 is 51.7 Å². The zero-order valence-corrected chi connectivity index (χ0v) is 56.7. The second-order valence-corrected chi connectivity index (χ2v) is 25.2. The third-order valence-corrected chi connectivity index (χ3v) is 18.4. The van der Waals surface area contributed by atoms with Crippen molar-refractivity contribution in [1.82, 2.24) is 0 Å². The smallest absolute Gasteiger partial charge is 0.417 e. The molecule has 0 spiro atoms. The van der Waals surface area contributed by atoms with E-state index in [9.17, 15) is 46.5 Å². The Kier molecular flexibility index (Phi) is 20.6. The zero-order chi connectivity index (χ0) is 76.1. The molecule has 2 aliphatic carbocycles. The molecular formula is C85H71F5N10O6. The summed E-state index contributed by atoms with van der Waals surface area (Å²) in [6.45, 7) is 1.72. The number of hydrogen-bond donors (Lipinski definition) is 13. The number of carbonyl (C=O) groups is 3. The molecule has 0 heterocycles. The average molecular weight is 1420 g/mol. The van der Waals surface area contributed by atoms with Crippen molar-refractivity contribution in [1.29, 1.82) is 0 Å². The number of carboxylic acid groups (broad SMARTS) is 3. The van der Waals surface area contributed by atoms with Crippen molar-refractivity contribution in [2.45, 2.75) is 23.9 Å². The molecule has 0 amide bonds. The van der Waals surface area contributed by atoms with Gasteiger partial charge in [0, 0.05) is 45.5 Å². The maximum atomic E-state index is 14.6. The lowest BCUT2D eigenvalue weighted by Crippen LogP contribution is -2.29. The van der Waals surface area contributed by atoms with Crippen molar-refractivity contribution in [3.05, 3.63) is 357 Å². The predicted molar refractivity (Wildman–Crippen MR) is 412 cm³/mol. The molecule has 13 aromatic carbocycles. The Morgan fingerprint density at radius 3 is 0.953 bits per heavy atom. The Morgan fingerprint density at radius 2 is 0.613 bits per heavy atom. The van der Waals surface area contributed by atoms with Gasteiger partial charge in [0.2, 0.25) is 0 Å². The van der Waals surface area contributed by atoms with E-state index in [1.54, 1.807) is 37.3 Å². The molecule has 0 aliphatic heterocycles. The molecule has 0 aromatic heterocycles. The molecule has 13 aromatic rings. The highest BCUT2D eigenvalue weighted by molar-refractivity contribution is 6.03. The van der Waals surface area contributed by atoms with Gasteiger partial charge in [-0.15, -0.1) is 0 Å². The van der Waals surface area contributed by atoms with Crippen LogP contribution >= 0.6 is 0 Å². The minimum Gasteiger partial charge on any atom is -0.478 e. The van der Waals surface area contributed by atoms with Crippen molar-refractivity contribution in [2.24, 2.45) is 0 Å². The number of alkyl halides is 3. The third-order valence-electron chi connectivity index (χ3n) is 18.4. The van der Waals surface area contributed by atoms with Gasteiger partial charge in [-0.25, -0.2) is 23.2 Å². The number of carboxylic acids is 3. The van der Waals surface area contributed by atoms with Gasteiger partial charge in [0.1, 0.15) is 11.6 Å². The van der Waals surface area contributed by atoms with Crippen LogP contribution in [-0.2, 0) is 17.0 Å². The third kappa shape index (κ3) is 14.4. The van der Waals surface area contributed by atoms with E-state index in [2.05, 4.69) is 72.8 Å². The van der Waals surface area contributed by atoms with E-state index in [1.807, 2.05) is 84.9 Å². The molecule has 2 aliphatic rings. The monoisotopic (exact) mass is 1420 g/mol. The molecule has 23 N–H and O–H groups in total. The molecule has 0 fully saturated rings. The largest absolute Gasteiger partial charge is 0.478 e. The number of nitrogens with two attached hydrogens (primary N) is 10. The Bertz CT molecular complexity index is 5270. The molecule has 0 atom stereocenters. The van der Waals surface area contributed by atoms with Crippen molar-refractivity contribution in [2.75, 3.05) is 57.3 Å². The topological polar surface area (TPSA) is 372 Å². The first kappa shape index (κ1) is 73.1. The van der Waals surface area contributed by atoms with Crippen LogP contribution in [0.2, 0.25) is 0 Å². The second-order valence-electron chi connectivity index (χ2n) is 25.2. The standard InChI is InChI=1S/C25H18F2N2.C25H20N2.C14H13F3N2.C14H12N2O4.C7H8N2O2/c26-21-13-15(9-11-23(21)28)25(16-10-12-24(29)22(27)14-16)19-7-3-1-5-17(19)18-6-2-4-8-20(18)25;26-19-13-9-17(10-14-19)25(18-11-15-20(27)16-12-18)23-7-3-1-5-21(23)22-6-2-4-8-24(22)25;1-8-6-9(18)2-4-11(8)12-5-3-10(19)7-13(12)14(15,16)17;15-7-1-3-9(11(5-7)13(17)18)10-4-2-8(16)6-12(10)14(19)20;8-5-1-4(7(10)11)2-6(9)3-5/h1-14H,28-29H2;1-16H,26-27H2;2-7H,18-19H2,1H3;1-6H,15-16H2,(H,17,18)(H,19,20);1-3H,8-9H2,(H,10,11). The molecule has 0 saturated carbocycles. The Labute approximate surface area is 606 Å². The van der Waals surface area contributed by atoms with Gasteiger partial charge in [-0.2, -0.15) is 13.2 Å². The molecule has 532 valence electrons. The maximum Gasteiger partial charge on any atom is 0.417 e. The van der Waals surface area contributed by atoms with E-state index >= 15 is 0 Å². The summed E-state index contributed by atoms with van der Waals surface area (Å²) in [5.41, 5.74) is 72.8. The number of anilines is 10. The van der Waals surface area contributed by atoms with Crippen LogP contribution in [0.5, 0.6) is 0 Å². The summed E-state index contributed by atoms with van der Waals surface area (Å²) in [7, 11) is 0. The van der Waals surface area contributed by atoms with Crippen LogP contribution in [0, 0.1) is 18.6 Å². The van der Waals surface area contributed by atoms with E-state index in [4.69, 9.17) is 62.4 Å². The number of benzene rings is 13. The molecule has 106 heavy (non-hydrogen) atoms. The molecule has 15 rings (SSSR count). The fraction of sp³-hybridized carbons (Fsp3) is 0.0471. The van der Waals surface area contributed by atoms with E-state index in [-0.39, 0.29) is 55.9 Å². The summed E-state index contributed by atoms with van der Waals surface area (Å²) in [4.78, 5) is 32.9. The fourth-order valence-corrected chi connectivity index (χ4v) is 13.8. The average Bonchev–Trinajstić information content (AvgIpc) is 1.58. The molecule has 0 saturated heterocycles. The molecule has 16 nitrogen and oxygen atoms in total. The van der Waals surface area contributed by atoms with Crippen molar-refractivity contribution in [3.63, 3.8) is 0 Å². The highest BCUT2D eigenvalue weighted by Crippen LogP contribution is 2.58. The molecule has 0 radical (unpaired) electrons. The number of rotatable bonds is 9. The molecular weight excluding hydrogens is 1350 g/mol. The highest BCUT2D eigenvalue weighted by atomic mass is 19.4. The summed E-state index contributed by atoms with van der Waals surface area (Å²) < 4.78 is 68.3. The quantitative estimate of drug-likeness (QED) is 0.0472. The second kappa shape index (κ2) is 29.9. The van der Waals surface area contributed by atoms with Gasteiger partial charge >= 0.3 is 24.1 Å². The first-order valence-corrected chi connectivity index (χ1v) is 32.7. The van der Waals surface area contributed by atoms with Crippen molar-refractivity contribution in [3.8, 4) is 44.5 Å². The molecule has 21 heteroatoms. The SMILES string of the molecule is Cc1cc(N)ccc1-c1ccc(N)cc1C(F)(F)F.Nc1cc(N)cc(C(=O)O)c1.Nc1ccc(-c2ccc(N)cc2C(=O)O)c(C(=O)O)c1.Nc1ccc(C2(c3ccc(N)c(F)c3)c3ccccc3-c3ccccc32)cc1F.Nc1ccc(C2(c3ccc(N)cc3)c3ccccc3-c3ccccc32)cc1. The highest BCUT2D eigenvalue weighted by Gasteiger charge is 2.48. The molecule has 0 unspecified atom stereocenters. The van der Waals surface area contributed by atoms with E-state index < -0.39 is 46.7 Å². The summed E-state index contributed by atoms with van der Waals surface area (Å²) in [6, 6.07) is 80.9. The maximum absolute atomic E-state index is 14.6. The van der Waals surface area contributed by atoms with Gasteiger partial charge in [0.25, 0.3) is 0 Å². The lowest BCUT2D eigenvalue weighted by molar-refractivity contribution is -0.137. The van der Waals surface area contributed by atoms with Gasteiger partial charge in [-0.3, -0.25) is 0 Å². The van der Waals surface area contributed by atoms with Crippen LogP contribution in [0.25, 0.3) is 44.5 Å². The summed E-state index contributed by atoms with van der Waals surface area (Å²) in [5.74, 6) is -4.38. The number of aryl methyl sites for hydroxylation is 1. The Morgan fingerprint density at radius 1 is 0.302 bits per heavy atom. The fourth-order valence-electron chi connectivity index (χ4n) is 13.8. The van der Waals surface area contributed by atoms with Gasteiger partial charge in [-0.1, -0.05) is 158 Å². The van der Waals surface area contributed by atoms with Crippen LogP contribution in [-0.4, -0.2) is 33.2 Å². The summed E-state index contributed by atoms with van der Waals surface area (Å²) in [6.07, 6.45) is -4.45. The first-order chi connectivity index (χ1) is 50.5. The minimum atomic E-state index is -4.45. The Balaban J connectivity index is 0.000000136. The first-order valence-electron chi connectivity index (χ1n) is 32.7. The van der Waals surface area contributed by atoms with Crippen LogP contribution in [0.3, 0.4) is 0 Å². The number of fused-ring (bicyclic) bond motifs is 6. The molecule has 0 bridgehead atoms. The van der Waals surface area contributed by atoms with E-state index in [0.29, 0.717) is 50.7 Å². The number of aromatic carboxylic acids is 3. The van der Waals surface area contributed by atoms with Crippen molar-refractivity contribution >= 4 is 74.8 Å². The van der Waals surface area contributed by atoms with Gasteiger partial charge in [0.05, 0.1) is 44.5 Å². The summed E-state index contributed by atoms with van der Waals surface area (Å²) in [5, 5.41) is 26.9. The predicted octanol–water partition coefficient (Wildman–Crippen LogP) is 17.0. The van der Waals surface area contributed by atoms with E-state index in [1.165, 1.54) is 112 Å². The van der Waals surface area contributed by atoms with Gasteiger partial charge < -0.3 is 72.7 Å².